The largest absolute Gasteiger partial charge is 0.481 e. The van der Waals surface area contributed by atoms with Gasteiger partial charge in [0.05, 0.1) is 6.42 Å². The Kier molecular flexibility index (Phi) is 4.76. The zero-order valence-corrected chi connectivity index (χ0v) is 10.7. The Morgan fingerprint density at radius 3 is 2.72 bits per heavy atom. The predicted molar refractivity (Wildman–Crippen MR) is 71.4 cm³/mol. The van der Waals surface area contributed by atoms with Crippen molar-refractivity contribution < 1.29 is 9.90 Å². The molecule has 3 nitrogen and oxygen atoms in total. The second-order valence-corrected chi connectivity index (χ2v) is 5.06. The number of aliphatic carboxylic acids is 1. The summed E-state index contributed by atoms with van der Waals surface area (Å²) in [4.78, 5) is 13.3. The first kappa shape index (κ1) is 13.1. The molecule has 1 fully saturated rings. The zero-order valence-electron chi connectivity index (χ0n) is 10.7. The number of benzene rings is 1. The lowest BCUT2D eigenvalue weighted by atomic mass is 10.1. The van der Waals surface area contributed by atoms with Gasteiger partial charge in [-0.1, -0.05) is 43.2 Å². The highest BCUT2D eigenvalue weighted by Crippen LogP contribution is 2.21. The highest BCUT2D eigenvalue weighted by Gasteiger charge is 2.23. The Bertz CT molecular complexity index is 377. The minimum atomic E-state index is -0.681. The molecule has 0 aliphatic carbocycles. The van der Waals surface area contributed by atoms with E-state index in [0.29, 0.717) is 0 Å². The second kappa shape index (κ2) is 6.55. The van der Waals surface area contributed by atoms with Crippen LogP contribution in [-0.2, 0) is 11.3 Å². The molecule has 0 amide bonds. The molecule has 3 heteroatoms. The van der Waals surface area contributed by atoms with Crippen molar-refractivity contribution >= 4 is 5.97 Å². The van der Waals surface area contributed by atoms with Gasteiger partial charge >= 0.3 is 5.97 Å². The Hall–Kier alpha value is -1.35. The third-order valence-corrected chi connectivity index (χ3v) is 3.64. The van der Waals surface area contributed by atoms with E-state index < -0.39 is 5.97 Å². The molecule has 0 spiro atoms. The molecule has 0 bridgehead atoms. The second-order valence-electron chi connectivity index (χ2n) is 5.06. The normalized spacial score (nSPS) is 21.4. The van der Waals surface area contributed by atoms with Crippen LogP contribution in [0.25, 0.3) is 0 Å². The van der Waals surface area contributed by atoms with E-state index in [2.05, 4.69) is 17.0 Å². The van der Waals surface area contributed by atoms with Crippen LogP contribution < -0.4 is 0 Å². The molecule has 1 aromatic rings. The minimum absolute atomic E-state index is 0.199. The number of rotatable bonds is 4. The molecule has 98 valence electrons. The van der Waals surface area contributed by atoms with Gasteiger partial charge in [0.2, 0.25) is 0 Å². The number of carboxylic acid groups (broad SMARTS) is 1. The highest BCUT2D eigenvalue weighted by molar-refractivity contribution is 5.67. The first-order chi connectivity index (χ1) is 8.75. The van der Waals surface area contributed by atoms with Crippen LogP contribution in [0.2, 0.25) is 0 Å². The molecule has 18 heavy (non-hydrogen) atoms. The van der Waals surface area contributed by atoms with E-state index in [4.69, 9.17) is 5.11 Å². The molecular weight excluding hydrogens is 226 g/mol. The van der Waals surface area contributed by atoms with Crippen molar-refractivity contribution in [3.05, 3.63) is 35.9 Å². The van der Waals surface area contributed by atoms with E-state index >= 15 is 0 Å². The zero-order chi connectivity index (χ0) is 12.8. The van der Waals surface area contributed by atoms with E-state index in [-0.39, 0.29) is 12.5 Å². The highest BCUT2D eigenvalue weighted by atomic mass is 16.4. The molecule has 1 aromatic carbocycles. The van der Waals surface area contributed by atoms with E-state index in [1.807, 2.05) is 18.2 Å². The molecule has 0 aromatic heterocycles. The van der Waals surface area contributed by atoms with Crippen LogP contribution in [0.5, 0.6) is 0 Å². The van der Waals surface area contributed by atoms with Gasteiger partial charge in [0.1, 0.15) is 0 Å². The van der Waals surface area contributed by atoms with Crippen LogP contribution in [0.3, 0.4) is 0 Å². The minimum Gasteiger partial charge on any atom is -0.481 e. The maximum absolute atomic E-state index is 11.0. The number of likely N-dealkylation sites (tertiary alicyclic amines) is 1. The van der Waals surface area contributed by atoms with Crippen molar-refractivity contribution in [2.45, 2.75) is 44.7 Å². The third kappa shape index (κ3) is 3.84. The maximum atomic E-state index is 11.0. The van der Waals surface area contributed by atoms with Crippen LogP contribution in [-0.4, -0.2) is 28.6 Å². The van der Waals surface area contributed by atoms with Gasteiger partial charge in [-0.25, -0.2) is 0 Å². The van der Waals surface area contributed by atoms with Gasteiger partial charge in [-0.3, -0.25) is 9.69 Å². The van der Waals surface area contributed by atoms with E-state index in [0.717, 1.165) is 25.9 Å². The number of carboxylic acids is 1. The van der Waals surface area contributed by atoms with Crippen molar-refractivity contribution in [1.29, 1.82) is 0 Å². The van der Waals surface area contributed by atoms with E-state index in [9.17, 15) is 4.79 Å². The summed E-state index contributed by atoms with van der Waals surface area (Å²) in [7, 11) is 0. The van der Waals surface area contributed by atoms with Gasteiger partial charge in [0, 0.05) is 12.6 Å². The number of hydrogen-bond acceptors (Lipinski definition) is 2. The predicted octanol–water partition coefficient (Wildman–Crippen LogP) is 2.91. The summed E-state index contributed by atoms with van der Waals surface area (Å²) in [5.41, 5.74) is 1.27. The van der Waals surface area contributed by atoms with Crippen LogP contribution in [0.1, 0.15) is 37.7 Å². The van der Waals surface area contributed by atoms with Crippen LogP contribution in [0, 0.1) is 0 Å². The van der Waals surface area contributed by atoms with Gasteiger partial charge in [0.25, 0.3) is 0 Å². The summed E-state index contributed by atoms with van der Waals surface area (Å²) in [6.45, 7) is 1.89. The molecule has 2 rings (SSSR count). The van der Waals surface area contributed by atoms with Crippen LogP contribution in [0.4, 0.5) is 0 Å². The van der Waals surface area contributed by atoms with E-state index in [1.54, 1.807) is 0 Å². The molecular formula is C15H21NO2. The van der Waals surface area contributed by atoms with Crippen LogP contribution in [0.15, 0.2) is 30.3 Å². The lowest BCUT2D eigenvalue weighted by molar-refractivity contribution is -0.138. The molecule has 0 saturated carbocycles. The quantitative estimate of drug-likeness (QED) is 0.889. The van der Waals surface area contributed by atoms with Gasteiger partial charge in [-0.05, 0) is 24.9 Å². The van der Waals surface area contributed by atoms with Crippen molar-refractivity contribution in [1.82, 2.24) is 4.90 Å². The number of hydrogen-bond donors (Lipinski definition) is 1. The Morgan fingerprint density at radius 1 is 1.22 bits per heavy atom. The van der Waals surface area contributed by atoms with Crippen molar-refractivity contribution in [3.8, 4) is 0 Å². The van der Waals surface area contributed by atoms with Crippen LogP contribution >= 0.6 is 0 Å². The fourth-order valence-electron chi connectivity index (χ4n) is 2.70. The lowest BCUT2D eigenvalue weighted by Crippen LogP contribution is -2.36. The topological polar surface area (TPSA) is 40.5 Å². The monoisotopic (exact) mass is 247 g/mol. The molecule has 1 atom stereocenters. The number of nitrogens with zero attached hydrogens (tertiary/aromatic N) is 1. The van der Waals surface area contributed by atoms with Gasteiger partial charge in [-0.15, -0.1) is 0 Å². The molecule has 1 aliphatic heterocycles. The molecule has 1 aliphatic rings. The van der Waals surface area contributed by atoms with Crippen molar-refractivity contribution in [2.24, 2.45) is 0 Å². The van der Waals surface area contributed by atoms with E-state index in [1.165, 1.54) is 18.4 Å². The number of carbonyl (C=O) groups is 1. The van der Waals surface area contributed by atoms with Crippen molar-refractivity contribution in [2.75, 3.05) is 6.54 Å². The lowest BCUT2D eigenvalue weighted by Gasteiger charge is -2.28. The van der Waals surface area contributed by atoms with Gasteiger partial charge < -0.3 is 5.11 Å². The van der Waals surface area contributed by atoms with Gasteiger partial charge in [0.15, 0.2) is 0 Å². The molecule has 1 unspecified atom stereocenters. The Labute approximate surface area is 108 Å². The summed E-state index contributed by atoms with van der Waals surface area (Å²) in [6, 6.07) is 10.5. The fourth-order valence-corrected chi connectivity index (χ4v) is 2.70. The fraction of sp³-hybridized carbons (Fsp3) is 0.533. The third-order valence-electron chi connectivity index (χ3n) is 3.64. The molecule has 1 heterocycles. The average molecular weight is 247 g/mol. The SMILES string of the molecule is O=C(O)CC1CCCCCN1Cc1ccccc1. The van der Waals surface area contributed by atoms with Crippen molar-refractivity contribution in [3.63, 3.8) is 0 Å². The Morgan fingerprint density at radius 2 is 2.00 bits per heavy atom. The maximum Gasteiger partial charge on any atom is 0.304 e. The Balaban J connectivity index is 2.03. The molecule has 0 radical (unpaired) electrons. The summed E-state index contributed by atoms with van der Waals surface area (Å²) in [5.74, 6) is -0.681. The molecule has 1 N–H and O–H groups in total. The van der Waals surface area contributed by atoms with Gasteiger partial charge in [-0.2, -0.15) is 0 Å². The smallest absolute Gasteiger partial charge is 0.304 e. The summed E-state index contributed by atoms with van der Waals surface area (Å²) in [5, 5.41) is 9.01. The standard InChI is InChI=1S/C15H21NO2/c17-15(18)11-14-9-5-2-6-10-16(14)12-13-7-3-1-4-8-13/h1,3-4,7-8,14H,2,5-6,9-12H2,(H,17,18). The summed E-state index contributed by atoms with van der Waals surface area (Å²) in [6.07, 6.45) is 4.85. The summed E-state index contributed by atoms with van der Waals surface area (Å²) >= 11 is 0. The molecule has 1 saturated heterocycles. The summed E-state index contributed by atoms with van der Waals surface area (Å²) < 4.78 is 0. The average Bonchev–Trinajstić information content (AvgIpc) is 2.56. The first-order valence-electron chi connectivity index (χ1n) is 6.75. The first-order valence-corrected chi connectivity index (χ1v) is 6.75.